The number of aromatic nitrogens is 2. The molecule has 1 aromatic carbocycles. The first kappa shape index (κ1) is 12.7. The zero-order valence-corrected chi connectivity index (χ0v) is 11.1. The number of para-hydroxylation sites is 1. The van der Waals surface area contributed by atoms with Crippen molar-refractivity contribution in [2.75, 3.05) is 11.4 Å². The second kappa shape index (κ2) is 5.36. The minimum atomic E-state index is -0.746. The lowest BCUT2D eigenvalue weighted by Gasteiger charge is -2.24. The maximum Gasteiger partial charge on any atom is 0.326 e. The van der Waals surface area contributed by atoms with Gasteiger partial charge in [0.05, 0.1) is 6.33 Å². The summed E-state index contributed by atoms with van der Waals surface area (Å²) in [5, 5.41) is 9.38. The molecule has 3 rings (SSSR count). The number of anilines is 1. The Labute approximate surface area is 117 Å². The molecule has 0 spiro atoms. The third-order valence-electron chi connectivity index (χ3n) is 3.75. The largest absolute Gasteiger partial charge is 0.480 e. The molecular formula is C15H17N3O2. The maximum atomic E-state index is 11.4. The number of carboxylic acids is 1. The summed E-state index contributed by atoms with van der Waals surface area (Å²) in [5.74, 6) is -0.746. The molecule has 0 saturated heterocycles. The standard InChI is InChI=1S/C15H17N3O2/c19-15(20)14-10-12-4-1-2-5-13(12)18(14)8-3-7-17-9-6-16-11-17/h1-2,4-6,9,11,14H,3,7-8,10H2,(H,19,20). The number of hydrogen-bond donors (Lipinski definition) is 1. The van der Waals surface area contributed by atoms with Gasteiger partial charge in [-0.05, 0) is 18.1 Å². The summed E-state index contributed by atoms with van der Waals surface area (Å²) in [6, 6.07) is 7.52. The summed E-state index contributed by atoms with van der Waals surface area (Å²) in [4.78, 5) is 17.4. The number of imidazole rings is 1. The summed E-state index contributed by atoms with van der Waals surface area (Å²) in [6.07, 6.45) is 6.95. The zero-order chi connectivity index (χ0) is 13.9. The molecule has 0 amide bonds. The summed E-state index contributed by atoms with van der Waals surface area (Å²) in [6.45, 7) is 1.59. The number of aryl methyl sites for hydroxylation is 1. The normalized spacial score (nSPS) is 17.2. The van der Waals surface area contributed by atoms with Crippen LogP contribution in [0.5, 0.6) is 0 Å². The molecule has 2 heterocycles. The van der Waals surface area contributed by atoms with E-state index in [1.165, 1.54) is 0 Å². The Bertz CT molecular complexity index is 595. The van der Waals surface area contributed by atoms with Crippen LogP contribution in [0.2, 0.25) is 0 Å². The van der Waals surface area contributed by atoms with E-state index in [1.807, 2.05) is 39.9 Å². The fourth-order valence-electron chi connectivity index (χ4n) is 2.79. The van der Waals surface area contributed by atoms with Crippen molar-refractivity contribution in [1.29, 1.82) is 0 Å². The van der Waals surface area contributed by atoms with E-state index < -0.39 is 12.0 Å². The molecule has 1 atom stereocenters. The van der Waals surface area contributed by atoms with Gasteiger partial charge in [0.25, 0.3) is 0 Å². The van der Waals surface area contributed by atoms with Crippen molar-refractivity contribution in [2.24, 2.45) is 0 Å². The summed E-state index contributed by atoms with van der Waals surface area (Å²) < 4.78 is 2.01. The van der Waals surface area contributed by atoms with Gasteiger partial charge in [-0.2, -0.15) is 0 Å². The van der Waals surface area contributed by atoms with Gasteiger partial charge in [0, 0.05) is 37.6 Å². The molecule has 0 aliphatic carbocycles. The molecule has 0 saturated carbocycles. The maximum absolute atomic E-state index is 11.4. The van der Waals surface area contributed by atoms with Gasteiger partial charge in [0.1, 0.15) is 6.04 Å². The first-order valence-corrected chi connectivity index (χ1v) is 6.79. The van der Waals surface area contributed by atoms with Crippen LogP contribution in [0.4, 0.5) is 5.69 Å². The van der Waals surface area contributed by atoms with Crippen molar-refractivity contribution >= 4 is 11.7 Å². The Balaban J connectivity index is 1.70. The Morgan fingerprint density at radius 2 is 2.20 bits per heavy atom. The topological polar surface area (TPSA) is 58.4 Å². The highest BCUT2D eigenvalue weighted by atomic mass is 16.4. The third-order valence-corrected chi connectivity index (χ3v) is 3.75. The Morgan fingerprint density at radius 1 is 1.35 bits per heavy atom. The fraction of sp³-hybridized carbons (Fsp3) is 0.333. The molecule has 5 heteroatoms. The summed E-state index contributed by atoms with van der Waals surface area (Å²) in [7, 11) is 0. The molecule has 1 aromatic heterocycles. The second-order valence-corrected chi connectivity index (χ2v) is 5.03. The molecule has 1 aliphatic heterocycles. The van der Waals surface area contributed by atoms with E-state index in [9.17, 15) is 9.90 Å². The van der Waals surface area contributed by atoms with Crippen molar-refractivity contribution in [3.05, 3.63) is 48.5 Å². The number of aliphatic carboxylic acids is 1. The van der Waals surface area contributed by atoms with E-state index in [0.29, 0.717) is 6.42 Å². The van der Waals surface area contributed by atoms with E-state index in [0.717, 1.165) is 30.8 Å². The van der Waals surface area contributed by atoms with Crippen molar-refractivity contribution < 1.29 is 9.90 Å². The van der Waals surface area contributed by atoms with Gasteiger partial charge < -0.3 is 14.6 Å². The van der Waals surface area contributed by atoms with Gasteiger partial charge in [-0.15, -0.1) is 0 Å². The predicted octanol–water partition coefficient (Wildman–Crippen LogP) is 1.79. The molecule has 0 fully saturated rings. The van der Waals surface area contributed by atoms with Crippen molar-refractivity contribution in [2.45, 2.75) is 25.4 Å². The summed E-state index contributed by atoms with van der Waals surface area (Å²) in [5.41, 5.74) is 2.19. The highest BCUT2D eigenvalue weighted by molar-refractivity contribution is 5.82. The number of carbonyl (C=O) groups is 1. The highest BCUT2D eigenvalue weighted by Crippen LogP contribution is 2.32. The van der Waals surface area contributed by atoms with Crippen molar-refractivity contribution in [1.82, 2.24) is 9.55 Å². The first-order chi connectivity index (χ1) is 9.75. The zero-order valence-electron chi connectivity index (χ0n) is 11.1. The van der Waals surface area contributed by atoms with E-state index >= 15 is 0 Å². The molecule has 20 heavy (non-hydrogen) atoms. The van der Waals surface area contributed by atoms with Gasteiger partial charge in [-0.3, -0.25) is 0 Å². The molecule has 1 aliphatic rings. The molecule has 1 unspecified atom stereocenters. The third kappa shape index (κ3) is 2.39. The van der Waals surface area contributed by atoms with E-state index in [1.54, 1.807) is 12.5 Å². The lowest BCUT2D eigenvalue weighted by atomic mass is 10.1. The van der Waals surface area contributed by atoms with Gasteiger partial charge in [-0.25, -0.2) is 9.78 Å². The molecule has 5 nitrogen and oxygen atoms in total. The molecular weight excluding hydrogens is 254 g/mol. The SMILES string of the molecule is O=C(O)C1Cc2ccccc2N1CCCn1ccnc1. The number of benzene rings is 1. The van der Waals surface area contributed by atoms with E-state index in [4.69, 9.17) is 0 Å². The van der Waals surface area contributed by atoms with Gasteiger partial charge in [0.15, 0.2) is 0 Å². The molecule has 2 aromatic rings. The number of rotatable bonds is 5. The predicted molar refractivity (Wildman–Crippen MR) is 75.8 cm³/mol. The van der Waals surface area contributed by atoms with Crippen LogP contribution in [0.3, 0.4) is 0 Å². The average Bonchev–Trinajstić information content (AvgIpc) is 3.07. The highest BCUT2D eigenvalue weighted by Gasteiger charge is 2.33. The van der Waals surface area contributed by atoms with Crippen LogP contribution >= 0.6 is 0 Å². The Hall–Kier alpha value is -2.30. The lowest BCUT2D eigenvalue weighted by molar-refractivity contribution is -0.138. The van der Waals surface area contributed by atoms with Crippen LogP contribution in [-0.2, 0) is 17.8 Å². The van der Waals surface area contributed by atoms with Crippen molar-refractivity contribution in [3.63, 3.8) is 0 Å². The quantitative estimate of drug-likeness (QED) is 0.900. The monoisotopic (exact) mass is 271 g/mol. The smallest absolute Gasteiger partial charge is 0.326 e. The minimum Gasteiger partial charge on any atom is -0.480 e. The Kier molecular flexibility index (Phi) is 3.41. The summed E-state index contributed by atoms with van der Waals surface area (Å²) >= 11 is 0. The minimum absolute atomic E-state index is 0.435. The average molecular weight is 271 g/mol. The van der Waals surface area contributed by atoms with Crippen LogP contribution in [0, 0.1) is 0 Å². The van der Waals surface area contributed by atoms with Crippen LogP contribution in [0.1, 0.15) is 12.0 Å². The van der Waals surface area contributed by atoms with Gasteiger partial charge >= 0.3 is 5.97 Å². The van der Waals surface area contributed by atoms with Crippen LogP contribution in [-0.4, -0.2) is 33.2 Å². The molecule has 0 bridgehead atoms. The molecule has 0 radical (unpaired) electrons. The first-order valence-electron chi connectivity index (χ1n) is 6.79. The van der Waals surface area contributed by atoms with Gasteiger partial charge in [0.2, 0.25) is 0 Å². The lowest BCUT2D eigenvalue weighted by Crippen LogP contribution is -2.39. The number of hydrogen-bond acceptors (Lipinski definition) is 3. The second-order valence-electron chi connectivity index (χ2n) is 5.03. The fourth-order valence-corrected chi connectivity index (χ4v) is 2.79. The van der Waals surface area contributed by atoms with Crippen LogP contribution in [0.25, 0.3) is 0 Å². The molecule has 104 valence electrons. The van der Waals surface area contributed by atoms with Crippen LogP contribution in [0.15, 0.2) is 43.0 Å². The van der Waals surface area contributed by atoms with Crippen LogP contribution < -0.4 is 4.90 Å². The van der Waals surface area contributed by atoms with E-state index in [2.05, 4.69) is 4.98 Å². The molecule has 1 N–H and O–H groups in total. The number of nitrogens with zero attached hydrogens (tertiary/aromatic N) is 3. The van der Waals surface area contributed by atoms with Crippen molar-refractivity contribution in [3.8, 4) is 0 Å². The Morgan fingerprint density at radius 3 is 2.95 bits per heavy atom. The number of carboxylic acid groups (broad SMARTS) is 1. The number of fused-ring (bicyclic) bond motifs is 1. The van der Waals surface area contributed by atoms with E-state index in [-0.39, 0.29) is 0 Å². The van der Waals surface area contributed by atoms with Gasteiger partial charge in [-0.1, -0.05) is 18.2 Å².